The molecule has 0 saturated carbocycles. The Hall–Kier alpha value is -4.88. The first-order chi connectivity index (χ1) is 32.6. The van der Waals surface area contributed by atoms with Crippen LogP contribution in [0.2, 0.25) is 5.15 Å². The zero-order valence-electron chi connectivity index (χ0n) is 37.7. The van der Waals surface area contributed by atoms with E-state index < -0.39 is 0 Å². The molecule has 4 N–H and O–H groups in total. The molecule has 0 saturated heterocycles. The van der Waals surface area contributed by atoms with E-state index in [0.717, 1.165) is 63.5 Å². The highest BCUT2D eigenvalue weighted by atomic mass is 79.9. The summed E-state index contributed by atoms with van der Waals surface area (Å²) < 4.78 is 3.92. The quantitative estimate of drug-likeness (QED) is 0.123. The van der Waals surface area contributed by atoms with E-state index in [-0.39, 0.29) is 58.6 Å². The summed E-state index contributed by atoms with van der Waals surface area (Å²) in [6.07, 6.45) is 11.2. The van der Waals surface area contributed by atoms with Gasteiger partial charge < -0.3 is 16.4 Å². The molecule has 1 aliphatic rings. The maximum atomic E-state index is 5.75. The van der Waals surface area contributed by atoms with Crippen LogP contribution in [-0.2, 0) is 0 Å². The van der Waals surface area contributed by atoms with Crippen molar-refractivity contribution >= 4 is 173 Å². The van der Waals surface area contributed by atoms with E-state index in [2.05, 4.69) is 137 Å². The fraction of sp³-hybridized carbons (Fsp3) is 0.149. The summed E-state index contributed by atoms with van der Waals surface area (Å²) >= 11 is 17.4. The third kappa shape index (κ3) is 16.6. The number of hydrogen-bond donors (Lipinski definition) is 3. The number of aliphatic imine (C=N–C) groups is 2. The summed E-state index contributed by atoms with van der Waals surface area (Å²) in [5.74, 6) is 1.76. The molecule has 0 bridgehead atoms. The van der Waals surface area contributed by atoms with Crippen molar-refractivity contribution in [3.8, 4) is 5.69 Å². The molecule has 1 aliphatic heterocycles. The summed E-state index contributed by atoms with van der Waals surface area (Å²) in [6, 6.07) is 31.1. The molecule has 0 fully saturated rings. The van der Waals surface area contributed by atoms with Gasteiger partial charge in [-0.25, -0.2) is 44.6 Å². The Morgan fingerprint density at radius 2 is 1.04 bits per heavy atom. The van der Waals surface area contributed by atoms with Crippen LogP contribution in [0.3, 0.4) is 0 Å². The van der Waals surface area contributed by atoms with Crippen LogP contribution >= 0.6 is 118 Å². The molecular weight excluding hydrogens is 1150 g/mol. The van der Waals surface area contributed by atoms with Crippen molar-refractivity contribution in [3.63, 3.8) is 0 Å². The van der Waals surface area contributed by atoms with Crippen molar-refractivity contribution < 1.29 is 0 Å². The van der Waals surface area contributed by atoms with Gasteiger partial charge >= 0.3 is 0 Å². The average Bonchev–Trinajstić information content (AvgIpc) is 4.21. The Labute approximate surface area is 460 Å². The molecule has 14 nitrogen and oxygen atoms in total. The standard InChI is InChI=1S/C16H14N6S.C14H12BrN3S.C8H10BrN.C6H3ClN2S.C3H4N2.3H2S/c1-11(21-15-14-6-7-23-16(14)19-9-18-15)12-2-4-13(5-3-12)22-10-17-8-20-22;1-9(10-2-4-11(15)5-3-10)18-13-12-6-7-19-14(12)17-8-16-13;1-6(10)7-2-4-8(9)5-3-7;7-5-4-1-2-10-6(4)9-3-8-5;1-2-5-3-4-1;;;/h2-11H,1H3,(H,18,19,21);2-9H,1H3,(H,16,17,18);2-6H,10H2,1H3;1-3H;1,3H,2H2;3*1H2/t11-;9-;6-;;;;;/m000...../s1. The van der Waals surface area contributed by atoms with E-state index in [1.165, 1.54) is 29.3 Å². The van der Waals surface area contributed by atoms with Gasteiger partial charge in [0, 0.05) is 38.7 Å². The topological polar surface area (TPSA) is 183 Å². The van der Waals surface area contributed by atoms with Crippen molar-refractivity contribution in [2.24, 2.45) is 15.7 Å². The Balaban J connectivity index is 0.000000203. The largest absolute Gasteiger partial charge is 0.363 e. The molecule has 10 aromatic rings. The summed E-state index contributed by atoms with van der Waals surface area (Å²) in [4.78, 5) is 39.4. The Morgan fingerprint density at radius 1 is 0.586 bits per heavy atom. The molecule has 70 heavy (non-hydrogen) atoms. The van der Waals surface area contributed by atoms with Gasteiger partial charge in [-0.3, -0.25) is 4.99 Å². The van der Waals surface area contributed by atoms with Crippen molar-refractivity contribution in [2.75, 3.05) is 17.2 Å². The second-order valence-corrected chi connectivity index (χ2v) is 19.3. The van der Waals surface area contributed by atoms with Crippen LogP contribution in [0, 0.1) is 0 Å². The zero-order valence-corrected chi connectivity index (χ0v) is 47.1. The zero-order chi connectivity index (χ0) is 47.0. The van der Waals surface area contributed by atoms with Crippen LogP contribution in [0.4, 0.5) is 11.6 Å². The smallest absolute Gasteiger partial charge is 0.141 e. The number of fused-ring (bicyclic) bond motifs is 3. The molecule has 0 aliphatic carbocycles. The first kappa shape index (κ1) is 57.7. The summed E-state index contributed by atoms with van der Waals surface area (Å²) in [7, 11) is 0. The Bertz CT molecular complexity index is 3120. The molecule has 0 unspecified atom stereocenters. The minimum atomic E-state index is 0. The number of halogens is 3. The number of rotatable bonds is 8. The third-order valence-electron chi connectivity index (χ3n) is 9.73. The third-order valence-corrected chi connectivity index (χ3v) is 13.5. The van der Waals surface area contributed by atoms with Crippen LogP contribution in [0.5, 0.6) is 0 Å². The fourth-order valence-electron chi connectivity index (χ4n) is 6.16. The van der Waals surface area contributed by atoms with E-state index in [1.807, 2.05) is 83.7 Å². The lowest BCUT2D eigenvalue weighted by atomic mass is 10.1. The van der Waals surface area contributed by atoms with Gasteiger partial charge in [0.25, 0.3) is 0 Å². The maximum Gasteiger partial charge on any atom is 0.141 e. The highest BCUT2D eigenvalue weighted by molar-refractivity contribution is 9.10. The maximum absolute atomic E-state index is 5.75. The molecule has 0 amide bonds. The lowest BCUT2D eigenvalue weighted by molar-refractivity contribution is 0.818. The number of hydrogen-bond acceptors (Lipinski definition) is 16. The number of anilines is 2. The minimum Gasteiger partial charge on any atom is -0.363 e. The molecular formula is C47H49Br2ClN14S6. The van der Waals surface area contributed by atoms with Gasteiger partial charge in [-0.15, -0.1) is 34.0 Å². The normalized spacial score (nSPS) is 12.1. The number of nitrogens with one attached hydrogen (secondary N) is 2. The Kier molecular flexibility index (Phi) is 24.3. The second-order valence-electron chi connectivity index (χ2n) is 14.4. The first-order valence-electron chi connectivity index (χ1n) is 20.6. The molecule has 0 spiro atoms. The summed E-state index contributed by atoms with van der Waals surface area (Å²) in [5.41, 5.74) is 10.2. The number of benzene rings is 3. The Morgan fingerprint density at radius 3 is 1.46 bits per heavy atom. The first-order valence-corrected chi connectivity index (χ1v) is 25.2. The summed E-state index contributed by atoms with van der Waals surface area (Å²) in [5, 5.41) is 20.7. The molecule has 3 aromatic carbocycles. The van der Waals surface area contributed by atoms with Crippen LogP contribution in [0.1, 0.15) is 55.6 Å². The van der Waals surface area contributed by atoms with Gasteiger partial charge in [0.2, 0.25) is 0 Å². The van der Waals surface area contributed by atoms with Crippen LogP contribution in [0.15, 0.2) is 158 Å². The molecule has 3 atom stereocenters. The van der Waals surface area contributed by atoms with Crippen molar-refractivity contribution in [2.45, 2.75) is 38.9 Å². The average molecular weight is 1200 g/mol. The molecule has 23 heteroatoms. The lowest BCUT2D eigenvalue weighted by Crippen LogP contribution is -2.08. The predicted molar refractivity (Wildman–Crippen MR) is 317 cm³/mol. The van der Waals surface area contributed by atoms with E-state index in [9.17, 15) is 0 Å². The predicted octanol–water partition coefficient (Wildman–Crippen LogP) is 13.3. The van der Waals surface area contributed by atoms with Gasteiger partial charge in [0.15, 0.2) is 0 Å². The van der Waals surface area contributed by atoms with E-state index in [0.29, 0.717) is 5.15 Å². The molecule has 364 valence electrons. The number of aromatic nitrogens is 9. The van der Waals surface area contributed by atoms with Gasteiger partial charge in [0.05, 0.1) is 23.0 Å². The molecule has 7 aromatic heterocycles. The van der Waals surface area contributed by atoms with Crippen LogP contribution in [-0.4, -0.2) is 63.8 Å². The van der Waals surface area contributed by atoms with E-state index >= 15 is 0 Å². The summed E-state index contributed by atoms with van der Waals surface area (Å²) in [6.45, 7) is 7.00. The highest BCUT2D eigenvalue weighted by Crippen LogP contribution is 2.29. The second kappa shape index (κ2) is 29.5. The van der Waals surface area contributed by atoms with Gasteiger partial charge in [-0.2, -0.15) is 45.6 Å². The minimum absolute atomic E-state index is 0. The van der Waals surface area contributed by atoms with E-state index in [4.69, 9.17) is 17.3 Å². The van der Waals surface area contributed by atoms with Gasteiger partial charge in [-0.05, 0) is 108 Å². The molecule has 8 heterocycles. The number of nitrogens with zero attached hydrogens (tertiary/aromatic N) is 11. The van der Waals surface area contributed by atoms with E-state index in [1.54, 1.807) is 70.2 Å². The van der Waals surface area contributed by atoms with Crippen LogP contribution in [0.25, 0.3) is 36.3 Å². The fourth-order valence-corrected chi connectivity index (χ4v) is 9.14. The lowest BCUT2D eigenvalue weighted by Gasteiger charge is -2.16. The van der Waals surface area contributed by atoms with Crippen molar-refractivity contribution in [1.29, 1.82) is 0 Å². The van der Waals surface area contributed by atoms with Gasteiger partial charge in [-0.1, -0.05) is 79.9 Å². The monoisotopic (exact) mass is 1190 g/mol. The highest BCUT2D eigenvalue weighted by Gasteiger charge is 2.12. The number of thiophene rings is 3. The SMILES string of the molecule is C1=NC=NC1.C[C@H](N)c1ccc(Br)cc1.C[C@H](Nc1ncnc2sccc12)c1ccc(-n2cncn2)cc1.C[C@H](Nc1ncnc2sccc12)c1ccc(Br)cc1.Clc1ncnc2sccc12.S.S.S. The molecule has 11 rings (SSSR count). The van der Waals surface area contributed by atoms with Gasteiger partial charge in [0.1, 0.15) is 69.3 Å². The van der Waals surface area contributed by atoms with Crippen molar-refractivity contribution in [3.05, 3.63) is 170 Å². The number of nitrogens with two attached hydrogens (primary N) is 1. The van der Waals surface area contributed by atoms with Crippen molar-refractivity contribution in [1.82, 2.24) is 44.7 Å². The van der Waals surface area contributed by atoms with Crippen LogP contribution < -0.4 is 16.4 Å². The molecule has 0 radical (unpaired) electrons.